The Hall–Kier alpha value is -0.380. The van der Waals surface area contributed by atoms with Gasteiger partial charge in [-0.05, 0) is 31.4 Å². The minimum Gasteiger partial charge on any atom is -0.389 e. The van der Waals surface area contributed by atoms with Gasteiger partial charge in [-0.1, -0.05) is 41.1 Å². The molecule has 1 aromatic carbocycles. The minimum atomic E-state index is -0.646. The van der Waals surface area contributed by atoms with E-state index in [0.717, 1.165) is 10.9 Å². The quantitative estimate of drug-likeness (QED) is 0.922. The van der Waals surface area contributed by atoms with Crippen LogP contribution >= 0.6 is 15.9 Å². The van der Waals surface area contributed by atoms with E-state index in [0.29, 0.717) is 25.9 Å². The molecular weight excluding hydrogens is 292 g/mol. The highest BCUT2D eigenvalue weighted by Gasteiger charge is 2.41. The normalized spacial score (nSPS) is 32.4. The Labute approximate surface area is 117 Å². The molecule has 1 aromatic rings. The van der Waals surface area contributed by atoms with Gasteiger partial charge >= 0.3 is 0 Å². The summed E-state index contributed by atoms with van der Waals surface area (Å²) in [6.07, 6.45) is 3.04. The Balaban J connectivity index is 2.15. The van der Waals surface area contributed by atoms with Gasteiger partial charge in [0.1, 0.15) is 0 Å². The topological polar surface area (TPSA) is 29.5 Å². The highest BCUT2D eigenvalue weighted by atomic mass is 79.9. The van der Waals surface area contributed by atoms with Gasteiger partial charge in [-0.15, -0.1) is 0 Å². The van der Waals surface area contributed by atoms with E-state index >= 15 is 0 Å². The van der Waals surface area contributed by atoms with Crippen LogP contribution in [0.4, 0.5) is 0 Å². The highest BCUT2D eigenvalue weighted by Crippen LogP contribution is 2.37. The van der Waals surface area contributed by atoms with Crippen LogP contribution in [0.25, 0.3) is 0 Å². The SMILES string of the molecule is CCC1(C)CC(O)(Cc2ccccc2Br)CCO1. The standard InChI is InChI=1S/C15H21BrO2/c1-3-14(2)11-15(17,8-9-18-14)10-12-6-4-5-7-13(12)16/h4-7,17H,3,8-11H2,1-2H3. The zero-order valence-electron chi connectivity index (χ0n) is 11.1. The lowest BCUT2D eigenvalue weighted by molar-refractivity contribution is -0.152. The van der Waals surface area contributed by atoms with Crippen molar-refractivity contribution < 1.29 is 9.84 Å². The molecule has 1 fully saturated rings. The molecule has 0 aliphatic carbocycles. The van der Waals surface area contributed by atoms with Crippen LogP contribution in [0.1, 0.15) is 38.7 Å². The molecule has 1 N–H and O–H groups in total. The average Bonchev–Trinajstić information content (AvgIpc) is 2.32. The maximum absolute atomic E-state index is 10.8. The Morgan fingerprint density at radius 2 is 2.11 bits per heavy atom. The molecule has 1 saturated heterocycles. The van der Waals surface area contributed by atoms with Crippen LogP contribution < -0.4 is 0 Å². The summed E-state index contributed by atoms with van der Waals surface area (Å²) >= 11 is 3.55. The van der Waals surface area contributed by atoms with E-state index in [1.807, 2.05) is 18.2 Å². The highest BCUT2D eigenvalue weighted by molar-refractivity contribution is 9.10. The van der Waals surface area contributed by atoms with E-state index in [4.69, 9.17) is 4.74 Å². The van der Waals surface area contributed by atoms with Gasteiger partial charge in [0.05, 0.1) is 17.8 Å². The number of aliphatic hydroxyl groups is 1. The van der Waals surface area contributed by atoms with Crippen molar-refractivity contribution in [2.45, 2.75) is 50.7 Å². The summed E-state index contributed by atoms with van der Waals surface area (Å²) in [4.78, 5) is 0. The molecule has 2 atom stereocenters. The minimum absolute atomic E-state index is 0.186. The largest absolute Gasteiger partial charge is 0.389 e. The van der Waals surface area contributed by atoms with Crippen molar-refractivity contribution in [3.8, 4) is 0 Å². The van der Waals surface area contributed by atoms with E-state index in [1.165, 1.54) is 5.56 Å². The third kappa shape index (κ3) is 3.14. The fraction of sp³-hybridized carbons (Fsp3) is 0.600. The first-order valence-electron chi connectivity index (χ1n) is 6.56. The Bertz CT molecular complexity index is 421. The lowest BCUT2D eigenvalue weighted by Crippen LogP contribution is -2.48. The summed E-state index contributed by atoms with van der Waals surface area (Å²) in [6.45, 7) is 4.85. The molecule has 0 amide bonds. The number of hydrogen-bond donors (Lipinski definition) is 1. The first-order valence-corrected chi connectivity index (χ1v) is 7.35. The number of halogens is 1. The van der Waals surface area contributed by atoms with Crippen molar-refractivity contribution in [1.82, 2.24) is 0 Å². The van der Waals surface area contributed by atoms with Gasteiger partial charge in [0.15, 0.2) is 0 Å². The second kappa shape index (κ2) is 5.32. The van der Waals surface area contributed by atoms with Crippen LogP contribution in [0.2, 0.25) is 0 Å². The van der Waals surface area contributed by atoms with Gasteiger partial charge in [0.25, 0.3) is 0 Å². The summed E-state index contributed by atoms with van der Waals surface area (Å²) in [5.41, 5.74) is 0.335. The average molecular weight is 313 g/mol. The molecule has 0 aromatic heterocycles. The third-order valence-electron chi connectivity index (χ3n) is 3.95. The smallest absolute Gasteiger partial charge is 0.0737 e. The predicted octanol–water partition coefficient (Wildman–Crippen LogP) is 3.70. The molecule has 1 aliphatic heterocycles. The zero-order chi connectivity index (χ0) is 13.2. The molecule has 3 heteroatoms. The lowest BCUT2D eigenvalue weighted by atomic mass is 9.78. The van der Waals surface area contributed by atoms with Gasteiger partial charge in [-0.25, -0.2) is 0 Å². The molecule has 18 heavy (non-hydrogen) atoms. The Kier molecular flexibility index (Phi) is 4.15. The van der Waals surface area contributed by atoms with E-state index in [2.05, 4.69) is 35.8 Å². The van der Waals surface area contributed by atoms with Crippen molar-refractivity contribution in [2.75, 3.05) is 6.61 Å². The second-order valence-corrected chi connectivity index (χ2v) is 6.43. The molecule has 1 heterocycles. The Morgan fingerprint density at radius 1 is 1.39 bits per heavy atom. The lowest BCUT2D eigenvalue weighted by Gasteiger charge is -2.43. The summed E-state index contributed by atoms with van der Waals surface area (Å²) in [5, 5.41) is 10.8. The van der Waals surface area contributed by atoms with Crippen molar-refractivity contribution in [3.05, 3.63) is 34.3 Å². The first kappa shape index (κ1) is 14.0. The van der Waals surface area contributed by atoms with Crippen LogP contribution in [0.15, 0.2) is 28.7 Å². The van der Waals surface area contributed by atoms with Gasteiger partial charge < -0.3 is 9.84 Å². The van der Waals surface area contributed by atoms with E-state index in [9.17, 15) is 5.11 Å². The van der Waals surface area contributed by atoms with Gasteiger partial charge in [0.2, 0.25) is 0 Å². The molecule has 2 nitrogen and oxygen atoms in total. The predicted molar refractivity (Wildman–Crippen MR) is 76.7 cm³/mol. The van der Waals surface area contributed by atoms with E-state index in [-0.39, 0.29) is 5.60 Å². The maximum atomic E-state index is 10.8. The molecule has 0 saturated carbocycles. The van der Waals surface area contributed by atoms with Crippen molar-refractivity contribution in [2.24, 2.45) is 0 Å². The molecule has 0 radical (unpaired) electrons. The van der Waals surface area contributed by atoms with Gasteiger partial charge in [-0.2, -0.15) is 0 Å². The van der Waals surface area contributed by atoms with Crippen LogP contribution in [0.5, 0.6) is 0 Å². The zero-order valence-corrected chi connectivity index (χ0v) is 12.7. The van der Waals surface area contributed by atoms with Gasteiger partial charge in [0, 0.05) is 17.3 Å². The Morgan fingerprint density at radius 3 is 2.78 bits per heavy atom. The maximum Gasteiger partial charge on any atom is 0.0737 e. The van der Waals surface area contributed by atoms with E-state index in [1.54, 1.807) is 0 Å². The summed E-state index contributed by atoms with van der Waals surface area (Å²) in [5.74, 6) is 0. The number of hydrogen-bond acceptors (Lipinski definition) is 2. The van der Waals surface area contributed by atoms with Crippen LogP contribution in [0, 0.1) is 0 Å². The third-order valence-corrected chi connectivity index (χ3v) is 4.72. The molecule has 0 bridgehead atoms. The van der Waals surface area contributed by atoms with Crippen LogP contribution in [-0.2, 0) is 11.2 Å². The summed E-state index contributed by atoms with van der Waals surface area (Å²) in [6, 6.07) is 8.11. The number of benzene rings is 1. The molecular formula is C15H21BrO2. The fourth-order valence-corrected chi connectivity index (χ4v) is 3.12. The van der Waals surface area contributed by atoms with Gasteiger partial charge in [-0.3, -0.25) is 0 Å². The molecule has 2 rings (SSSR count). The molecule has 2 unspecified atom stereocenters. The van der Waals surface area contributed by atoms with Crippen molar-refractivity contribution >= 4 is 15.9 Å². The van der Waals surface area contributed by atoms with E-state index < -0.39 is 5.60 Å². The fourth-order valence-electron chi connectivity index (χ4n) is 2.70. The van der Waals surface area contributed by atoms with Crippen LogP contribution in [-0.4, -0.2) is 22.9 Å². The second-order valence-electron chi connectivity index (χ2n) is 5.57. The molecule has 100 valence electrons. The summed E-state index contributed by atoms with van der Waals surface area (Å²) < 4.78 is 6.88. The number of ether oxygens (including phenoxy) is 1. The monoisotopic (exact) mass is 312 g/mol. The van der Waals surface area contributed by atoms with Crippen molar-refractivity contribution in [3.63, 3.8) is 0 Å². The van der Waals surface area contributed by atoms with Crippen molar-refractivity contribution in [1.29, 1.82) is 0 Å². The number of rotatable bonds is 3. The molecule has 0 spiro atoms. The first-order chi connectivity index (χ1) is 8.46. The summed E-state index contributed by atoms with van der Waals surface area (Å²) in [7, 11) is 0. The van der Waals surface area contributed by atoms with Crippen LogP contribution in [0.3, 0.4) is 0 Å². The molecule has 1 aliphatic rings.